The second kappa shape index (κ2) is 5.11. The first kappa shape index (κ1) is 12.5. The fourth-order valence-electron chi connectivity index (χ4n) is 2.19. The van der Waals surface area contributed by atoms with Gasteiger partial charge in [0.2, 0.25) is 0 Å². The minimum Gasteiger partial charge on any atom is -0.391 e. The number of thiophene rings is 1. The molecule has 0 saturated carbocycles. The molecule has 1 saturated heterocycles. The van der Waals surface area contributed by atoms with Gasteiger partial charge >= 0.3 is 0 Å². The van der Waals surface area contributed by atoms with Crippen molar-refractivity contribution in [3.05, 3.63) is 21.9 Å². The van der Waals surface area contributed by atoms with Gasteiger partial charge in [-0.15, -0.1) is 11.3 Å². The summed E-state index contributed by atoms with van der Waals surface area (Å²) < 4.78 is 0.0936. The summed E-state index contributed by atoms with van der Waals surface area (Å²) in [5.41, 5.74) is 0. The maximum absolute atomic E-state index is 10.3. The van der Waals surface area contributed by atoms with Crippen molar-refractivity contribution in [1.82, 2.24) is 0 Å². The summed E-state index contributed by atoms with van der Waals surface area (Å²) in [7, 11) is 0. The summed E-state index contributed by atoms with van der Waals surface area (Å²) in [6.07, 6.45) is 4.15. The Kier molecular flexibility index (Phi) is 3.98. The van der Waals surface area contributed by atoms with Gasteiger partial charge in [-0.25, -0.2) is 0 Å². The van der Waals surface area contributed by atoms with Crippen LogP contribution in [0.25, 0.3) is 0 Å². The lowest BCUT2D eigenvalue weighted by atomic mass is 9.96. The minimum atomic E-state index is -0.191. The Morgan fingerprint density at radius 1 is 1.44 bits per heavy atom. The zero-order valence-corrected chi connectivity index (χ0v) is 11.7. The Labute approximate surface area is 106 Å². The van der Waals surface area contributed by atoms with Crippen LogP contribution in [0.5, 0.6) is 0 Å². The van der Waals surface area contributed by atoms with Gasteiger partial charge in [0.05, 0.1) is 6.10 Å². The van der Waals surface area contributed by atoms with Crippen molar-refractivity contribution in [1.29, 1.82) is 0 Å². The van der Waals surface area contributed by atoms with E-state index in [4.69, 9.17) is 0 Å². The van der Waals surface area contributed by atoms with E-state index in [1.165, 1.54) is 21.9 Å². The standard InChI is InChI=1S/C13H20OS2/c1-3-10-5-6-11(16-10)9-12(14)13(2)7-4-8-15-13/h5-6,12,14H,3-4,7-9H2,1-2H3. The Hall–Kier alpha value is 0.01000. The van der Waals surface area contributed by atoms with Gasteiger partial charge in [-0.2, -0.15) is 11.8 Å². The molecule has 0 radical (unpaired) electrons. The monoisotopic (exact) mass is 256 g/mol. The lowest BCUT2D eigenvalue weighted by molar-refractivity contribution is 0.134. The van der Waals surface area contributed by atoms with Crippen LogP contribution in [-0.4, -0.2) is 21.7 Å². The number of hydrogen-bond donors (Lipinski definition) is 1. The van der Waals surface area contributed by atoms with E-state index in [9.17, 15) is 5.11 Å². The maximum atomic E-state index is 10.3. The molecule has 1 aromatic rings. The lowest BCUT2D eigenvalue weighted by Crippen LogP contribution is -2.35. The van der Waals surface area contributed by atoms with Crippen LogP contribution in [0.4, 0.5) is 0 Å². The number of rotatable bonds is 4. The van der Waals surface area contributed by atoms with Gasteiger partial charge in [0.1, 0.15) is 0 Å². The third-order valence-electron chi connectivity index (χ3n) is 3.41. The van der Waals surface area contributed by atoms with Crippen molar-refractivity contribution in [3.63, 3.8) is 0 Å². The fraction of sp³-hybridized carbons (Fsp3) is 0.692. The molecule has 0 spiro atoms. The topological polar surface area (TPSA) is 20.2 Å². The fourth-order valence-corrected chi connectivity index (χ4v) is 4.51. The molecular weight excluding hydrogens is 236 g/mol. The first-order valence-corrected chi connectivity index (χ1v) is 7.84. The van der Waals surface area contributed by atoms with Crippen LogP contribution in [0.3, 0.4) is 0 Å². The predicted molar refractivity (Wildman–Crippen MR) is 73.5 cm³/mol. The number of aryl methyl sites for hydroxylation is 1. The molecule has 2 atom stereocenters. The lowest BCUT2D eigenvalue weighted by Gasteiger charge is -2.28. The third kappa shape index (κ3) is 2.63. The highest BCUT2D eigenvalue weighted by Crippen LogP contribution is 2.41. The molecule has 1 aliphatic rings. The van der Waals surface area contributed by atoms with E-state index >= 15 is 0 Å². The van der Waals surface area contributed by atoms with Crippen LogP contribution in [0.1, 0.15) is 36.4 Å². The van der Waals surface area contributed by atoms with Crippen molar-refractivity contribution in [2.24, 2.45) is 0 Å². The Morgan fingerprint density at radius 3 is 2.75 bits per heavy atom. The summed E-state index contributed by atoms with van der Waals surface area (Å²) in [5.74, 6) is 1.21. The molecule has 2 heterocycles. The van der Waals surface area contributed by atoms with Crippen molar-refractivity contribution in [2.45, 2.75) is 50.4 Å². The van der Waals surface area contributed by atoms with Crippen molar-refractivity contribution in [3.8, 4) is 0 Å². The van der Waals surface area contributed by atoms with E-state index in [-0.39, 0.29) is 10.9 Å². The second-order valence-electron chi connectivity index (χ2n) is 4.71. The number of thioether (sulfide) groups is 1. The zero-order chi connectivity index (χ0) is 11.6. The first-order valence-electron chi connectivity index (χ1n) is 6.03. The van der Waals surface area contributed by atoms with E-state index in [1.54, 1.807) is 0 Å². The number of aliphatic hydroxyl groups is 1. The van der Waals surface area contributed by atoms with Gasteiger partial charge in [0, 0.05) is 20.9 Å². The van der Waals surface area contributed by atoms with E-state index in [0.717, 1.165) is 19.3 Å². The normalized spacial score (nSPS) is 27.2. The highest BCUT2D eigenvalue weighted by atomic mass is 32.2. The molecule has 0 bridgehead atoms. The van der Waals surface area contributed by atoms with Gasteiger partial charge in [0.25, 0.3) is 0 Å². The number of aliphatic hydroxyl groups excluding tert-OH is 1. The molecule has 16 heavy (non-hydrogen) atoms. The molecule has 90 valence electrons. The summed E-state index contributed by atoms with van der Waals surface area (Å²) in [6.45, 7) is 4.39. The largest absolute Gasteiger partial charge is 0.391 e. The van der Waals surface area contributed by atoms with Gasteiger partial charge < -0.3 is 5.11 Å². The van der Waals surface area contributed by atoms with Crippen LogP contribution in [0.2, 0.25) is 0 Å². The predicted octanol–water partition coefficient (Wildman–Crippen LogP) is 3.50. The molecule has 1 nitrogen and oxygen atoms in total. The Morgan fingerprint density at radius 2 is 2.19 bits per heavy atom. The van der Waals surface area contributed by atoms with E-state index in [0.29, 0.717) is 0 Å². The minimum absolute atomic E-state index is 0.0936. The van der Waals surface area contributed by atoms with Crippen LogP contribution in [0.15, 0.2) is 12.1 Å². The van der Waals surface area contributed by atoms with Gasteiger partial charge in [-0.05, 0) is 44.1 Å². The smallest absolute Gasteiger partial charge is 0.0732 e. The van der Waals surface area contributed by atoms with Crippen LogP contribution >= 0.6 is 23.1 Å². The molecule has 0 amide bonds. The van der Waals surface area contributed by atoms with Gasteiger partial charge in [0.15, 0.2) is 0 Å². The highest BCUT2D eigenvalue weighted by molar-refractivity contribution is 8.00. The maximum Gasteiger partial charge on any atom is 0.0732 e. The summed E-state index contributed by atoms with van der Waals surface area (Å²) >= 11 is 3.79. The highest BCUT2D eigenvalue weighted by Gasteiger charge is 2.36. The Bertz CT molecular complexity index is 339. The average molecular weight is 256 g/mol. The summed E-state index contributed by atoms with van der Waals surface area (Å²) in [6, 6.07) is 4.37. The van der Waals surface area contributed by atoms with Crippen LogP contribution in [0, 0.1) is 0 Å². The van der Waals surface area contributed by atoms with Gasteiger partial charge in [-0.1, -0.05) is 6.92 Å². The quantitative estimate of drug-likeness (QED) is 0.890. The average Bonchev–Trinajstić information content (AvgIpc) is 2.88. The molecule has 1 aromatic heterocycles. The van der Waals surface area contributed by atoms with Crippen LogP contribution < -0.4 is 0 Å². The van der Waals surface area contributed by atoms with Crippen LogP contribution in [-0.2, 0) is 12.8 Å². The van der Waals surface area contributed by atoms with E-state index in [1.807, 2.05) is 23.1 Å². The van der Waals surface area contributed by atoms with Crippen molar-refractivity contribution in [2.75, 3.05) is 5.75 Å². The summed E-state index contributed by atoms with van der Waals surface area (Å²) in [4.78, 5) is 2.75. The molecule has 2 rings (SSSR count). The molecule has 1 aliphatic heterocycles. The van der Waals surface area contributed by atoms with Crippen molar-refractivity contribution >= 4 is 23.1 Å². The number of hydrogen-bond acceptors (Lipinski definition) is 3. The molecular formula is C13H20OS2. The summed E-state index contributed by atoms with van der Waals surface area (Å²) in [5, 5.41) is 10.3. The SMILES string of the molecule is CCc1ccc(CC(O)C2(C)CCCS2)s1. The third-order valence-corrected chi connectivity index (χ3v) is 6.29. The Balaban J connectivity index is 1.98. The molecule has 2 unspecified atom stereocenters. The molecule has 0 aromatic carbocycles. The van der Waals surface area contributed by atoms with Crippen molar-refractivity contribution < 1.29 is 5.11 Å². The van der Waals surface area contributed by atoms with E-state index in [2.05, 4.69) is 26.0 Å². The zero-order valence-electron chi connectivity index (χ0n) is 10.0. The second-order valence-corrected chi connectivity index (χ2v) is 7.59. The molecule has 0 aliphatic carbocycles. The molecule has 1 fully saturated rings. The first-order chi connectivity index (χ1) is 7.64. The molecule has 3 heteroatoms. The van der Waals surface area contributed by atoms with Gasteiger partial charge in [-0.3, -0.25) is 0 Å². The van der Waals surface area contributed by atoms with E-state index < -0.39 is 0 Å². The molecule has 1 N–H and O–H groups in total.